The Kier molecular flexibility index (Phi) is 6.04. The number of benzene rings is 1. The molecule has 0 heterocycles. The van der Waals surface area contributed by atoms with E-state index < -0.39 is 21.1 Å². The van der Waals surface area contributed by atoms with Crippen molar-refractivity contribution in [3.8, 4) is 11.5 Å². The summed E-state index contributed by atoms with van der Waals surface area (Å²) in [5, 5.41) is -0.423. The average Bonchev–Trinajstić information content (AvgIpc) is 2.44. The van der Waals surface area contributed by atoms with Crippen LogP contribution in [0.15, 0.2) is 18.2 Å². The van der Waals surface area contributed by atoms with Crippen LogP contribution in [-0.4, -0.2) is 33.6 Å². The molecular weight excluding hydrogens is 290 g/mol. The third-order valence-corrected chi connectivity index (χ3v) is 6.26. The van der Waals surface area contributed by atoms with Crippen LogP contribution in [0, 0.1) is 5.92 Å². The molecule has 2 unspecified atom stereocenters. The Balaban J connectivity index is 3.02. The lowest BCUT2D eigenvalue weighted by molar-refractivity contribution is 0.389. The molecule has 0 aliphatic rings. The lowest BCUT2D eigenvalue weighted by Gasteiger charge is -2.21. The average molecular weight is 315 g/mol. The molecule has 21 heavy (non-hydrogen) atoms. The van der Waals surface area contributed by atoms with Gasteiger partial charge in [-0.1, -0.05) is 19.9 Å². The molecule has 5 nitrogen and oxygen atoms in total. The fourth-order valence-electron chi connectivity index (χ4n) is 2.03. The van der Waals surface area contributed by atoms with E-state index in [9.17, 15) is 8.42 Å². The summed E-state index contributed by atoms with van der Waals surface area (Å²) in [5.74, 6) is 1.13. The zero-order chi connectivity index (χ0) is 16.2. The largest absolute Gasteiger partial charge is 0.497 e. The van der Waals surface area contributed by atoms with E-state index in [0.29, 0.717) is 17.1 Å². The van der Waals surface area contributed by atoms with Crippen LogP contribution in [0.2, 0.25) is 0 Å². The van der Waals surface area contributed by atoms with Gasteiger partial charge in [0.25, 0.3) is 0 Å². The Morgan fingerprint density at radius 2 is 1.76 bits per heavy atom. The van der Waals surface area contributed by atoms with E-state index in [2.05, 4.69) is 0 Å². The van der Waals surface area contributed by atoms with Gasteiger partial charge < -0.3 is 15.2 Å². The van der Waals surface area contributed by atoms with Gasteiger partial charge in [0.15, 0.2) is 9.84 Å². The van der Waals surface area contributed by atoms with Gasteiger partial charge in [0.2, 0.25) is 0 Å². The maximum atomic E-state index is 12.3. The van der Waals surface area contributed by atoms with Crippen LogP contribution < -0.4 is 15.2 Å². The SMILES string of the molecule is COc1ccc(C(N)CS(=O)(=O)C(C)C(C)C)c(OC)c1. The predicted octanol–water partition coefficient (Wildman–Crippen LogP) is 2.16. The van der Waals surface area contributed by atoms with Gasteiger partial charge in [0, 0.05) is 17.7 Å². The highest BCUT2D eigenvalue weighted by atomic mass is 32.2. The fraction of sp³-hybridized carbons (Fsp3) is 0.600. The van der Waals surface area contributed by atoms with E-state index in [-0.39, 0.29) is 11.7 Å². The van der Waals surface area contributed by atoms with Crippen molar-refractivity contribution in [1.82, 2.24) is 0 Å². The van der Waals surface area contributed by atoms with E-state index in [1.807, 2.05) is 13.8 Å². The van der Waals surface area contributed by atoms with Gasteiger partial charge in [-0.2, -0.15) is 0 Å². The lowest BCUT2D eigenvalue weighted by atomic mass is 10.1. The van der Waals surface area contributed by atoms with Crippen molar-refractivity contribution in [3.05, 3.63) is 23.8 Å². The quantitative estimate of drug-likeness (QED) is 0.834. The van der Waals surface area contributed by atoms with E-state index in [4.69, 9.17) is 15.2 Å². The van der Waals surface area contributed by atoms with Crippen molar-refractivity contribution in [2.45, 2.75) is 32.1 Å². The molecule has 0 fully saturated rings. The van der Waals surface area contributed by atoms with Gasteiger partial charge in [-0.25, -0.2) is 8.42 Å². The number of sulfone groups is 1. The van der Waals surface area contributed by atoms with E-state index >= 15 is 0 Å². The third-order valence-electron chi connectivity index (χ3n) is 3.76. The van der Waals surface area contributed by atoms with Gasteiger partial charge in [-0.3, -0.25) is 0 Å². The molecule has 1 aromatic carbocycles. The first-order chi connectivity index (χ1) is 9.72. The minimum atomic E-state index is -3.26. The van der Waals surface area contributed by atoms with Crippen molar-refractivity contribution in [1.29, 1.82) is 0 Å². The van der Waals surface area contributed by atoms with Crippen molar-refractivity contribution in [2.24, 2.45) is 11.7 Å². The molecule has 0 amide bonds. The summed E-state index contributed by atoms with van der Waals surface area (Å²) in [6.45, 7) is 5.50. The molecule has 0 aliphatic carbocycles. The fourth-order valence-corrected chi connectivity index (χ4v) is 3.84. The molecule has 0 saturated heterocycles. The highest BCUT2D eigenvalue weighted by Gasteiger charge is 2.27. The molecular formula is C15H25NO4S. The summed E-state index contributed by atoms with van der Waals surface area (Å²) in [7, 11) is -0.177. The number of hydrogen-bond donors (Lipinski definition) is 1. The summed E-state index contributed by atoms with van der Waals surface area (Å²) in [5.41, 5.74) is 6.75. The van der Waals surface area contributed by atoms with Crippen LogP contribution in [0.4, 0.5) is 0 Å². The molecule has 6 heteroatoms. The Labute approximate surface area is 127 Å². The molecule has 2 atom stereocenters. The van der Waals surface area contributed by atoms with Gasteiger partial charge in [0.05, 0.1) is 25.2 Å². The number of methoxy groups -OCH3 is 2. The maximum absolute atomic E-state index is 12.3. The molecule has 0 saturated carbocycles. The van der Waals surface area contributed by atoms with Gasteiger partial charge in [-0.05, 0) is 18.9 Å². The van der Waals surface area contributed by atoms with Crippen molar-refractivity contribution >= 4 is 9.84 Å². The van der Waals surface area contributed by atoms with Gasteiger partial charge in [-0.15, -0.1) is 0 Å². The van der Waals surface area contributed by atoms with Crippen molar-refractivity contribution < 1.29 is 17.9 Å². The summed E-state index contributed by atoms with van der Waals surface area (Å²) >= 11 is 0. The molecule has 120 valence electrons. The number of rotatable bonds is 7. The van der Waals surface area contributed by atoms with Crippen LogP contribution in [0.1, 0.15) is 32.4 Å². The van der Waals surface area contributed by atoms with Crippen LogP contribution in [0.25, 0.3) is 0 Å². The Morgan fingerprint density at radius 1 is 1.14 bits per heavy atom. The monoisotopic (exact) mass is 315 g/mol. The van der Waals surface area contributed by atoms with E-state index in [1.54, 1.807) is 32.2 Å². The predicted molar refractivity (Wildman–Crippen MR) is 84.6 cm³/mol. The zero-order valence-corrected chi connectivity index (χ0v) is 14.1. The summed E-state index contributed by atoms with van der Waals surface area (Å²) < 4.78 is 35.1. The highest BCUT2D eigenvalue weighted by molar-refractivity contribution is 7.92. The minimum Gasteiger partial charge on any atom is -0.497 e. The van der Waals surface area contributed by atoms with Crippen molar-refractivity contribution in [3.63, 3.8) is 0 Å². The topological polar surface area (TPSA) is 78.6 Å². The second-order valence-corrected chi connectivity index (χ2v) is 7.90. The van der Waals surface area contributed by atoms with Gasteiger partial charge in [0.1, 0.15) is 11.5 Å². The Hall–Kier alpha value is -1.27. The molecule has 2 N–H and O–H groups in total. The Bertz CT molecular complexity index is 569. The zero-order valence-electron chi connectivity index (χ0n) is 13.3. The molecule has 0 radical (unpaired) electrons. The second kappa shape index (κ2) is 7.13. The molecule has 0 aromatic heterocycles. The number of nitrogens with two attached hydrogens (primary N) is 1. The Morgan fingerprint density at radius 3 is 2.24 bits per heavy atom. The normalized spacial score (nSPS) is 14.8. The summed E-state index contributed by atoms with van der Waals surface area (Å²) in [6.07, 6.45) is 0. The molecule has 1 aromatic rings. The number of ether oxygens (including phenoxy) is 2. The summed E-state index contributed by atoms with van der Waals surface area (Å²) in [4.78, 5) is 0. The van der Waals surface area contributed by atoms with Crippen molar-refractivity contribution in [2.75, 3.05) is 20.0 Å². The minimum absolute atomic E-state index is 0.0555. The third kappa shape index (κ3) is 4.35. The molecule has 1 rings (SSSR count). The van der Waals surface area contributed by atoms with E-state index in [0.717, 1.165) is 0 Å². The van der Waals surface area contributed by atoms with E-state index in [1.165, 1.54) is 7.11 Å². The molecule has 0 bridgehead atoms. The van der Waals surface area contributed by atoms with Crippen LogP contribution >= 0.6 is 0 Å². The second-order valence-electron chi connectivity index (χ2n) is 5.49. The summed E-state index contributed by atoms with van der Waals surface area (Å²) in [6, 6.07) is 4.57. The van der Waals surface area contributed by atoms with Crippen LogP contribution in [0.5, 0.6) is 11.5 Å². The van der Waals surface area contributed by atoms with Crippen LogP contribution in [-0.2, 0) is 9.84 Å². The highest BCUT2D eigenvalue weighted by Crippen LogP contribution is 2.30. The first kappa shape index (κ1) is 17.8. The molecule has 0 spiro atoms. The smallest absolute Gasteiger partial charge is 0.155 e. The first-order valence-electron chi connectivity index (χ1n) is 6.92. The first-order valence-corrected chi connectivity index (χ1v) is 8.63. The lowest BCUT2D eigenvalue weighted by Crippen LogP contribution is -2.31. The van der Waals surface area contributed by atoms with Gasteiger partial charge >= 0.3 is 0 Å². The molecule has 0 aliphatic heterocycles. The number of hydrogen-bond acceptors (Lipinski definition) is 5. The standard InChI is InChI=1S/C15H25NO4S/c1-10(2)11(3)21(17,18)9-14(16)13-7-6-12(19-4)8-15(13)20-5/h6-8,10-11,14H,9,16H2,1-5H3. The maximum Gasteiger partial charge on any atom is 0.155 e. The van der Waals surface area contributed by atoms with Crippen LogP contribution in [0.3, 0.4) is 0 Å².